The van der Waals surface area contributed by atoms with E-state index in [1.165, 1.54) is 0 Å². The number of aromatic nitrogens is 1. The summed E-state index contributed by atoms with van der Waals surface area (Å²) < 4.78 is 0.834. The lowest BCUT2D eigenvalue weighted by Crippen LogP contribution is -2.26. The zero-order chi connectivity index (χ0) is 9.90. The molecule has 1 heterocycles. The van der Waals surface area contributed by atoms with Gasteiger partial charge in [-0.1, -0.05) is 19.9 Å². The molecule has 0 atom stereocenters. The largest absolute Gasteiger partial charge is 0.304 e. The summed E-state index contributed by atoms with van der Waals surface area (Å²) in [6.07, 6.45) is 1.82. The predicted molar refractivity (Wildman–Crippen MR) is 55.1 cm³/mol. The van der Waals surface area contributed by atoms with Crippen molar-refractivity contribution >= 4 is 15.9 Å². The van der Waals surface area contributed by atoms with Gasteiger partial charge in [-0.15, -0.1) is 0 Å². The molecule has 0 spiro atoms. The Morgan fingerprint density at radius 3 is 2.69 bits per heavy atom. The average Bonchev–Trinajstić information content (AvgIpc) is 2.05. The minimum Gasteiger partial charge on any atom is -0.304 e. The summed E-state index contributed by atoms with van der Waals surface area (Å²) in [5, 5.41) is 0. The maximum atomic E-state index is 5.05. The molecule has 0 radical (unpaired) electrons. The van der Waals surface area contributed by atoms with Gasteiger partial charge in [0.05, 0.1) is 6.61 Å². The predicted octanol–water partition coefficient (Wildman–Crippen LogP) is 2.01. The van der Waals surface area contributed by atoms with Gasteiger partial charge in [-0.25, -0.2) is 10.9 Å². The zero-order valence-corrected chi connectivity index (χ0v) is 9.34. The van der Waals surface area contributed by atoms with Crippen molar-refractivity contribution in [3.8, 4) is 0 Å². The van der Waals surface area contributed by atoms with Gasteiger partial charge in [0, 0.05) is 11.6 Å². The smallest absolute Gasteiger partial charge is 0.106 e. The first-order valence-electron chi connectivity index (χ1n) is 4.00. The average molecular weight is 245 g/mol. The molecule has 2 N–H and O–H groups in total. The van der Waals surface area contributed by atoms with E-state index in [4.69, 9.17) is 5.90 Å². The third-order valence-corrected chi connectivity index (χ3v) is 2.42. The Balaban J connectivity index is 2.87. The molecule has 0 aliphatic carbocycles. The SMILES string of the molecule is CC(C)(CON)c1ccc(Br)nc1. The summed E-state index contributed by atoms with van der Waals surface area (Å²) >= 11 is 3.28. The van der Waals surface area contributed by atoms with Crippen LogP contribution in [0, 0.1) is 0 Å². The van der Waals surface area contributed by atoms with Gasteiger partial charge >= 0.3 is 0 Å². The molecule has 1 rings (SSSR count). The fourth-order valence-corrected chi connectivity index (χ4v) is 1.30. The summed E-state index contributed by atoms with van der Waals surface area (Å²) in [6.45, 7) is 4.60. The van der Waals surface area contributed by atoms with Crippen LogP contribution >= 0.6 is 15.9 Å². The van der Waals surface area contributed by atoms with Crippen LogP contribution in [-0.2, 0) is 10.3 Å². The zero-order valence-electron chi connectivity index (χ0n) is 7.75. The molecule has 0 saturated heterocycles. The molecular formula is C9H13BrN2O. The lowest BCUT2D eigenvalue weighted by molar-refractivity contribution is 0.0963. The Bertz CT molecular complexity index is 271. The van der Waals surface area contributed by atoms with Crippen LogP contribution in [0.5, 0.6) is 0 Å². The second-order valence-corrected chi connectivity index (χ2v) is 4.38. The number of nitrogens with zero attached hydrogens (tertiary/aromatic N) is 1. The molecule has 4 heteroatoms. The van der Waals surface area contributed by atoms with E-state index in [9.17, 15) is 0 Å². The van der Waals surface area contributed by atoms with Crippen molar-refractivity contribution in [2.45, 2.75) is 19.3 Å². The van der Waals surface area contributed by atoms with E-state index in [-0.39, 0.29) is 5.41 Å². The minimum atomic E-state index is -0.0948. The molecule has 72 valence electrons. The quantitative estimate of drug-likeness (QED) is 0.654. The van der Waals surface area contributed by atoms with Gasteiger partial charge in [-0.3, -0.25) is 0 Å². The van der Waals surface area contributed by atoms with E-state index in [0.717, 1.165) is 10.2 Å². The Morgan fingerprint density at radius 2 is 2.23 bits per heavy atom. The molecule has 1 aromatic rings. The molecule has 0 fully saturated rings. The number of hydrogen-bond donors (Lipinski definition) is 1. The first kappa shape index (κ1) is 10.6. The van der Waals surface area contributed by atoms with Crippen molar-refractivity contribution < 1.29 is 4.84 Å². The number of hydrogen-bond acceptors (Lipinski definition) is 3. The van der Waals surface area contributed by atoms with Crippen LogP contribution in [0.15, 0.2) is 22.9 Å². The molecule has 0 unspecified atom stereocenters. The first-order chi connectivity index (χ1) is 6.06. The number of rotatable bonds is 3. The molecular weight excluding hydrogens is 232 g/mol. The van der Waals surface area contributed by atoms with Crippen molar-refractivity contribution in [2.24, 2.45) is 5.90 Å². The van der Waals surface area contributed by atoms with E-state index < -0.39 is 0 Å². The van der Waals surface area contributed by atoms with E-state index in [0.29, 0.717) is 6.61 Å². The van der Waals surface area contributed by atoms with Gasteiger partial charge in [0.2, 0.25) is 0 Å². The Morgan fingerprint density at radius 1 is 1.54 bits per heavy atom. The highest BCUT2D eigenvalue weighted by Gasteiger charge is 2.20. The summed E-state index contributed by atoms with van der Waals surface area (Å²) in [7, 11) is 0. The highest BCUT2D eigenvalue weighted by molar-refractivity contribution is 9.10. The number of nitrogens with two attached hydrogens (primary N) is 1. The molecule has 3 nitrogen and oxygen atoms in total. The van der Waals surface area contributed by atoms with Gasteiger partial charge in [-0.05, 0) is 27.6 Å². The van der Waals surface area contributed by atoms with Crippen LogP contribution in [0.25, 0.3) is 0 Å². The summed E-state index contributed by atoms with van der Waals surface area (Å²) in [5.41, 5.74) is 1.02. The van der Waals surface area contributed by atoms with Gasteiger partial charge in [-0.2, -0.15) is 0 Å². The molecule has 13 heavy (non-hydrogen) atoms. The minimum absolute atomic E-state index is 0.0948. The lowest BCUT2D eigenvalue weighted by atomic mass is 9.87. The maximum absolute atomic E-state index is 5.05. The lowest BCUT2D eigenvalue weighted by Gasteiger charge is -2.22. The van der Waals surface area contributed by atoms with Crippen molar-refractivity contribution in [3.05, 3.63) is 28.5 Å². The van der Waals surface area contributed by atoms with Gasteiger partial charge in [0.15, 0.2) is 0 Å². The number of halogens is 1. The summed E-state index contributed by atoms with van der Waals surface area (Å²) in [5.74, 6) is 5.05. The molecule has 0 aromatic carbocycles. The standard InChI is InChI=1S/C9H13BrN2O/c1-9(2,6-13-11)7-3-4-8(10)12-5-7/h3-5H,6,11H2,1-2H3. The van der Waals surface area contributed by atoms with E-state index in [1.54, 1.807) is 0 Å². The Hall–Kier alpha value is -0.450. The van der Waals surface area contributed by atoms with Gasteiger partial charge < -0.3 is 4.84 Å². The molecule has 0 aliphatic heterocycles. The monoisotopic (exact) mass is 244 g/mol. The highest BCUT2D eigenvalue weighted by Crippen LogP contribution is 2.23. The van der Waals surface area contributed by atoms with Crippen LogP contribution in [0.1, 0.15) is 19.4 Å². The second-order valence-electron chi connectivity index (χ2n) is 3.56. The highest BCUT2D eigenvalue weighted by atomic mass is 79.9. The normalized spacial score (nSPS) is 11.7. The van der Waals surface area contributed by atoms with E-state index >= 15 is 0 Å². The van der Waals surface area contributed by atoms with Crippen LogP contribution in [0.4, 0.5) is 0 Å². The summed E-state index contributed by atoms with van der Waals surface area (Å²) in [4.78, 5) is 8.80. The summed E-state index contributed by atoms with van der Waals surface area (Å²) in [6, 6.07) is 3.92. The van der Waals surface area contributed by atoms with Crippen LogP contribution in [0.3, 0.4) is 0 Å². The molecule has 1 aromatic heterocycles. The third-order valence-electron chi connectivity index (χ3n) is 1.95. The fraction of sp³-hybridized carbons (Fsp3) is 0.444. The van der Waals surface area contributed by atoms with Gasteiger partial charge in [0.25, 0.3) is 0 Å². The Kier molecular flexibility index (Phi) is 3.41. The van der Waals surface area contributed by atoms with Gasteiger partial charge in [0.1, 0.15) is 4.60 Å². The van der Waals surface area contributed by atoms with E-state index in [1.807, 2.05) is 18.3 Å². The van der Waals surface area contributed by atoms with Crippen molar-refractivity contribution in [2.75, 3.05) is 6.61 Å². The van der Waals surface area contributed by atoms with Crippen molar-refractivity contribution in [3.63, 3.8) is 0 Å². The molecule has 0 aliphatic rings. The van der Waals surface area contributed by atoms with Crippen molar-refractivity contribution in [1.82, 2.24) is 4.98 Å². The fourth-order valence-electron chi connectivity index (χ4n) is 1.07. The third kappa shape index (κ3) is 2.76. The maximum Gasteiger partial charge on any atom is 0.106 e. The second kappa shape index (κ2) is 4.17. The van der Waals surface area contributed by atoms with Crippen molar-refractivity contribution in [1.29, 1.82) is 0 Å². The molecule has 0 saturated carbocycles. The molecule has 0 bridgehead atoms. The topological polar surface area (TPSA) is 48.1 Å². The first-order valence-corrected chi connectivity index (χ1v) is 4.79. The Labute approximate surface area is 86.4 Å². The van der Waals surface area contributed by atoms with E-state index in [2.05, 4.69) is 39.6 Å². The van der Waals surface area contributed by atoms with Crippen LogP contribution in [-0.4, -0.2) is 11.6 Å². The number of pyridine rings is 1. The van der Waals surface area contributed by atoms with Crippen LogP contribution in [0.2, 0.25) is 0 Å². The van der Waals surface area contributed by atoms with Crippen LogP contribution < -0.4 is 5.90 Å². The molecule has 0 amide bonds.